The number of anilines is 1. The topological polar surface area (TPSA) is 58.4 Å². The molecule has 1 heterocycles. The van der Waals surface area contributed by atoms with Crippen molar-refractivity contribution in [3.05, 3.63) is 29.3 Å². The molecule has 0 atom stereocenters. The van der Waals surface area contributed by atoms with E-state index in [9.17, 15) is 4.79 Å². The van der Waals surface area contributed by atoms with Crippen LogP contribution in [0.4, 0.5) is 5.69 Å². The maximum absolute atomic E-state index is 11.4. The Morgan fingerprint density at radius 2 is 2.36 bits per heavy atom. The van der Waals surface area contributed by atoms with Crippen LogP contribution in [0.3, 0.4) is 0 Å². The van der Waals surface area contributed by atoms with Gasteiger partial charge in [-0.05, 0) is 17.2 Å². The van der Waals surface area contributed by atoms with Crippen LogP contribution in [0.15, 0.2) is 18.2 Å². The fourth-order valence-corrected chi connectivity index (χ4v) is 1.75. The molecule has 0 saturated heterocycles. The summed E-state index contributed by atoms with van der Waals surface area (Å²) in [6.07, 6.45) is 0.504. The maximum atomic E-state index is 11.4. The third-order valence-corrected chi connectivity index (χ3v) is 2.53. The number of amides is 1. The van der Waals surface area contributed by atoms with Gasteiger partial charge in [0.1, 0.15) is 0 Å². The molecule has 1 aliphatic heterocycles. The van der Waals surface area contributed by atoms with E-state index in [4.69, 9.17) is 5.84 Å². The van der Waals surface area contributed by atoms with Crippen LogP contribution >= 0.6 is 0 Å². The number of carbonyl (C=O) groups excluding carboxylic acids is 1. The largest absolute Gasteiger partial charge is 0.315 e. The normalized spacial score (nSPS) is 14.7. The summed E-state index contributed by atoms with van der Waals surface area (Å²) >= 11 is 0. The van der Waals surface area contributed by atoms with Crippen LogP contribution in [0, 0.1) is 0 Å². The van der Waals surface area contributed by atoms with Crippen LogP contribution in [0.25, 0.3) is 0 Å². The number of fused-ring (bicyclic) bond motifs is 1. The van der Waals surface area contributed by atoms with Gasteiger partial charge in [0.05, 0.1) is 6.42 Å². The molecule has 0 bridgehead atoms. The zero-order chi connectivity index (χ0) is 10.1. The molecule has 4 nitrogen and oxygen atoms in total. The van der Waals surface area contributed by atoms with Crippen molar-refractivity contribution in [2.24, 2.45) is 5.84 Å². The Hall–Kier alpha value is -1.39. The quantitative estimate of drug-likeness (QED) is 0.517. The van der Waals surface area contributed by atoms with Gasteiger partial charge in [-0.1, -0.05) is 12.1 Å². The van der Waals surface area contributed by atoms with Crippen LogP contribution < -0.4 is 16.2 Å². The molecule has 14 heavy (non-hydrogen) atoms. The molecule has 3 N–H and O–H groups in total. The summed E-state index contributed by atoms with van der Waals surface area (Å²) in [5, 5.41) is 0. The fraction of sp³-hybridized carbons (Fsp3) is 0.300. The molecule has 0 aromatic heterocycles. The number of nitrogens with zero attached hydrogens (tertiary/aromatic N) is 1. The van der Waals surface area contributed by atoms with Crippen LogP contribution in [0.2, 0.25) is 0 Å². The highest BCUT2D eigenvalue weighted by Gasteiger charge is 2.23. The second-order valence-electron chi connectivity index (χ2n) is 3.47. The van der Waals surface area contributed by atoms with E-state index in [0.717, 1.165) is 16.8 Å². The molecule has 0 fully saturated rings. The van der Waals surface area contributed by atoms with Crippen LogP contribution in [0.5, 0.6) is 0 Å². The number of benzene rings is 1. The van der Waals surface area contributed by atoms with Crippen LogP contribution in [0.1, 0.15) is 11.1 Å². The van der Waals surface area contributed by atoms with Gasteiger partial charge in [-0.25, -0.2) is 0 Å². The second-order valence-corrected chi connectivity index (χ2v) is 3.47. The van der Waals surface area contributed by atoms with Gasteiger partial charge in [-0.15, -0.1) is 0 Å². The standard InChI is InChI=1S/C10H13N3O/c1-13-9-3-2-7(6-12-11)4-8(9)5-10(13)14/h2-4,12H,5-6,11H2,1H3. The maximum Gasteiger partial charge on any atom is 0.231 e. The van der Waals surface area contributed by atoms with Gasteiger partial charge < -0.3 is 4.90 Å². The van der Waals surface area contributed by atoms with E-state index >= 15 is 0 Å². The van der Waals surface area contributed by atoms with E-state index in [1.165, 1.54) is 0 Å². The predicted molar refractivity (Wildman–Crippen MR) is 54.6 cm³/mol. The van der Waals surface area contributed by atoms with Crippen LogP contribution in [-0.2, 0) is 17.8 Å². The van der Waals surface area contributed by atoms with Gasteiger partial charge in [-0.3, -0.25) is 16.1 Å². The summed E-state index contributed by atoms with van der Waals surface area (Å²) in [5.41, 5.74) is 5.80. The van der Waals surface area contributed by atoms with Gasteiger partial charge in [0.15, 0.2) is 0 Å². The first-order valence-corrected chi connectivity index (χ1v) is 4.54. The molecule has 1 aromatic rings. The SMILES string of the molecule is CN1C(=O)Cc2cc(CNN)ccc21. The lowest BCUT2D eigenvalue weighted by atomic mass is 10.1. The molecule has 0 radical (unpaired) electrons. The predicted octanol–water partition coefficient (Wildman–Crippen LogP) is 0.169. The van der Waals surface area contributed by atoms with Crippen molar-refractivity contribution in [2.75, 3.05) is 11.9 Å². The summed E-state index contributed by atoms with van der Waals surface area (Å²) in [7, 11) is 1.80. The Morgan fingerprint density at radius 1 is 1.57 bits per heavy atom. The number of nitrogens with one attached hydrogen (secondary N) is 1. The Balaban J connectivity index is 2.34. The number of hydrogen-bond donors (Lipinski definition) is 2. The van der Waals surface area contributed by atoms with Gasteiger partial charge in [0.25, 0.3) is 0 Å². The van der Waals surface area contributed by atoms with Crippen molar-refractivity contribution in [3.63, 3.8) is 0 Å². The van der Waals surface area contributed by atoms with Gasteiger partial charge >= 0.3 is 0 Å². The third kappa shape index (κ3) is 1.38. The number of hydrazine groups is 1. The van der Waals surface area contributed by atoms with E-state index in [1.54, 1.807) is 11.9 Å². The minimum Gasteiger partial charge on any atom is -0.315 e. The van der Waals surface area contributed by atoms with Crippen LogP contribution in [-0.4, -0.2) is 13.0 Å². The Morgan fingerprint density at radius 3 is 3.07 bits per heavy atom. The number of nitrogens with two attached hydrogens (primary N) is 1. The van der Waals surface area contributed by atoms with Crippen molar-refractivity contribution in [3.8, 4) is 0 Å². The molecular weight excluding hydrogens is 178 g/mol. The summed E-state index contributed by atoms with van der Waals surface area (Å²) in [6, 6.07) is 5.97. The van der Waals surface area contributed by atoms with E-state index < -0.39 is 0 Å². The molecule has 0 saturated carbocycles. The number of rotatable bonds is 2. The molecule has 1 amide bonds. The summed E-state index contributed by atoms with van der Waals surface area (Å²) in [5.74, 6) is 5.38. The Bertz CT molecular complexity index is 376. The van der Waals surface area contributed by atoms with E-state index in [-0.39, 0.29) is 5.91 Å². The van der Waals surface area contributed by atoms with Crippen molar-refractivity contribution in [2.45, 2.75) is 13.0 Å². The summed E-state index contributed by atoms with van der Waals surface area (Å²) in [6.45, 7) is 0.630. The first-order valence-electron chi connectivity index (χ1n) is 4.54. The first-order chi connectivity index (χ1) is 6.72. The Labute approximate surface area is 82.7 Å². The lowest BCUT2D eigenvalue weighted by Crippen LogP contribution is -2.21. The fourth-order valence-electron chi connectivity index (χ4n) is 1.75. The average molecular weight is 191 g/mol. The molecule has 1 aliphatic rings. The number of likely N-dealkylation sites (N-methyl/N-ethyl adjacent to an activating group) is 1. The molecular formula is C10H13N3O. The highest BCUT2D eigenvalue weighted by molar-refractivity contribution is 6.00. The minimum atomic E-state index is 0.151. The van der Waals surface area contributed by atoms with E-state index in [1.807, 2.05) is 18.2 Å². The van der Waals surface area contributed by atoms with Gasteiger partial charge in [-0.2, -0.15) is 0 Å². The molecule has 1 aromatic carbocycles. The monoisotopic (exact) mass is 191 g/mol. The lowest BCUT2D eigenvalue weighted by Gasteiger charge is -2.10. The minimum absolute atomic E-state index is 0.151. The van der Waals surface area contributed by atoms with E-state index in [2.05, 4.69) is 5.43 Å². The highest BCUT2D eigenvalue weighted by Crippen LogP contribution is 2.28. The Kier molecular flexibility index (Phi) is 2.23. The van der Waals surface area contributed by atoms with Gasteiger partial charge in [0, 0.05) is 19.3 Å². The number of carbonyl (C=O) groups is 1. The number of hydrogen-bond acceptors (Lipinski definition) is 3. The molecule has 0 aliphatic carbocycles. The van der Waals surface area contributed by atoms with Crippen molar-refractivity contribution in [1.29, 1.82) is 0 Å². The molecule has 0 unspecified atom stereocenters. The molecule has 4 heteroatoms. The zero-order valence-electron chi connectivity index (χ0n) is 8.08. The third-order valence-electron chi connectivity index (χ3n) is 2.53. The van der Waals surface area contributed by atoms with Crippen molar-refractivity contribution in [1.82, 2.24) is 5.43 Å². The van der Waals surface area contributed by atoms with Crippen molar-refractivity contribution < 1.29 is 4.79 Å². The summed E-state index contributed by atoms with van der Waals surface area (Å²) < 4.78 is 0. The molecule has 2 rings (SSSR count). The molecule has 74 valence electrons. The smallest absolute Gasteiger partial charge is 0.231 e. The molecule has 0 spiro atoms. The average Bonchev–Trinajstić information content (AvgIpc) is 2.43. The van der Waals surface area contributed by atoms with E-state index in [0.29, 0.717) is 13.0 Å². The highest BCUT2D eigenvalue weighted by atomic mass is 16.2. The lowest BCUT2D eigenvalue weighted by molar-refractivity contribution is -0.117. The van der Waals surface area contributed by atoms with Gasteiger partial charge in [0.2, 0.25) is 5.91 Å². The zero-order valence-corrected chi connectivity index (χ0v) is 8.08. The first kappa shape index (κ1) is 9.18. The second kappa shape index (κ2) is 3.40. The summed E-state index contributed by atoms with van der Waals surface area (Å²) in [4.78, 5) is 13.1. The van der Waals surface area contributed by atoms with Crippen molar-refractivity contribution >= 4 is 11.6 Å².